The maximum absolute atomic E-state index is 11.1. The fraction of sp³-hybridized carbons (Fsp3) is 0.786. The van der Waals surface area contributed by atoms with Gasteiger partial charge in [0, 0.05) is 12.5 Å². The third-order valence-electron chi connectivity index (χ3n) is 4.83. The van der Waals surface area contributed by atoms with Crippen LogP contribution in [0.15, 0.2) is 11.6 Å². The molecule has 1 fully saturated rings. The third kappa shape index (κ3) is 2.13. The molecule has 3 rings (SSSR count). The average Bonchev–Trinajstić information content (AvgIpc) is 2.35. The summed E-state index contributed by atoms with van der Waals surface area (Å²) in [5, 5.41) is 0. The van der Waals surface area contributed by atoms with E-state index >= 15 is 0 Å². The van der Waals surface area contributed by atoms with Crippen molar-refractivity contribution in [2.24, 2.45) is 23.0 Å². The van der Waals surface area contributed by atoms with Crippen molar-refractivity contribution in [3.05, 3.63) is 11.6 Å². The number of fused-ring (bicyclic) bond motifs is 1. The van der Waals surface area contributed by atoms with Crippen LogP contribution in [0.1, 0.15) is 39.5 Å². The van der Waals surface area contributed by atoms with Gasteiger partial charge in [0.25, 0.3) is 0 Å². The number of rotatable bonds is 4. The Balaban J connectivity index is 1.94. The first kappa shape index (κ1) is 12.6. The summed E-state index contributed by atoms with van der Waals surface area (Å²) in [6.07, 6.45) is 5.88. The molecule has 0 aromatic heterocycles. The van der Waals surface area contributed by atoms with Gasteiger partial charge in [-0.15, -0.1) is 0 Å². The molecule has 2 N–H and O–H groups in total. The summed E-state index contributed by atoms with van der Waals surface area (Å²) in [5.74, 6) is 1.31. The Morgan fingerprint density at radius 2 is 2.35 bits per heavy atom. The first-order valence-electron chi connectivity index (χ1n) is 6.49. The highest BCUT2D eigenvalue weighted by Crippen LogP contribution is 2.59. The largest absolute Gasteiger partial charge is 0.469 e. The van der Waals surface area contributed by atoms with E-state index in [1.54, 1.807) is 0 Å². The molecule has 3 nitrogen and oxygen atoms in total. The number of ether oxygens (including phenoxy) is 1. The highest BCUT2D eigenvalue weighted by atomic mass is 16.5. The molecule has 3 heteroatoms. The van der Waals surface area contributed by atoms with Crippen LogP contribution < -0.4 is 5.73 Å². The normalized spacial score (nSPS) is 31.2. The molecule has 3 aliphatic carbocycles. The lowest BCUT2D eigenvalue weighted by Crippen LogP contribution is -2.51. The van der Waals surface area contributed by atoms with E-state index in [1.807, 2.05) is 0 Å². The molecule has 0 amide bonds. The zero-order valence-electron chi connectivity index (χ0n) is 11.0. The van der Waals surface area contributed by atoms with Crippen LogP contribution in [-0.4, -0.2) is 19.1 Å². The molecule has 0 aliphatic heterocycles. The maximum atomic E-state index is 11.1. The maximum Gasteiger partial charge on any atom is 0.305 e. The van der Waals surface area contributed by atoms with Crippen molar-refractivity contribution in [2.75, 3.05) is 7.11 Å². The Kier molecular flexibility index (Phi) is 3.30. The van der Waals surface area contributed by atoms with Gasteiger partial charge in [-0.25, -0.2) is 0 Å². The van der Waals surface area contributed by atoms with Crippen LogP contribution in [0.3, 0.4) is 0 Å². The van der Waals surface area contributed by atoms with E-state index in [0.717, 1.165) is 12.3 Å². The predicted octanol–water partition coefficient (Wildman–Crippen LogP) is 2.26. The van der Waals surface area contributed by atoms with Crippen molar-refractivity contribution >= 4 is 5.97 Å². The number of methoxy groups -OCH3 is 1. The summed E-state index contributed by atoms with van der Waals surface area (Å²) < 4.78 is 4.65. The number of esters is 1. The molecule has 0 aromatic rings. The van der Waals surface area contributed by atoms with Crippen LogP contribution in [0, 0.1) is 17.3 Å². The summed E-state index contributed by atoms with van der Waals surface area (Å²) in [7, 11) is 1.42. The van der Waals surface area contributed by atoms with Gasteiger partial charge >= 0.3 is 5.97 Å². The van der Waals surface area contributed by atoms with Crippen molar-refractivity contribution in [2.45, 2.75) is 45.6 Å². The second kappa shape index (κ2) is 4.45. The van der Waals surface area contributed by atoms with Crippen LogP contribution in [0.5, 0.6) is 0 Å². The van der Waals surface area contributed by atoms with Gasteiger partial charge in [-0.1, -0.05) is 25.5 Å². The van der Waals surface area contributed by atoms with Gasteiger partial charge in [-0.05, 0) is 36.5 Å². The van der Waals surface area contributed by atoms with Crippen molar-refractivity contribution in [1.29, 1.82) is 0 Å². The van der Waals surface area contributed by atoms with Crippen molar-refractivity contribution in [3.63, 3.8) is 0 Å². The van der Waals surface area contributed by atoms with Gasteiger partial charge in [-0.2, -0.15) is 0 Å². The van der Waals surface area contributed by atoms with Gasteiger partial charge in [0.05, 0.1) is 7.11 Å². The molecule has 2 bridgehead atoms. The van der Waals surface area contributed by atoms with E-state index in [0.29, 0.717) is 24.2 Å². The standard InChI is InChI=1S/C14H23NO2/c1-14(2)9-4-5-10(11(14)8-9)12(15)6-7-13(16)17-3/h5,9,11-12H,4,6-8,15H2,1-3H3. The zero-order valence-corrected chi connectivity index (χ0v) is 11.0. The quantitative estimate of drug-likeness (QED) is 0.602. The summed E-state index contributed by atoms with van der Waals surface area (Å²) >= 11 is 0. The fourth-order valence-corrected chi connectivity index (χ4v) is 3.35. The molecule has 0 heterocycles. The first-order chi connectivity index (χ1) is 7.96. The van der Waals surface area contributed by atoms with E-state index in [2.05, 4.69) is 24.7 Å². The van der Waals surface area contributed by atoms with Gasteiger partial charge in [-0.3, -0.25) is 4.79 Å². The van der Waals surface area contributed by atoms with Crippen LogP contribution >= 0.6 is 0 Å². The SMILES string of the molecule is COC(=O)CCC(N)C1=CCC2CC1C2(C)C. The lowest BCUT2D eigenvalue weighted by Gasteiger charge is -2.57. The average molecular weight is 237 g/mol. The predicted molar refractivity (Wildman–Crippen MR) is 67.3 cm³/mol. The minimum atomic E-state index is -0.164. The molecule has 0 aromatic carbocycles. The highest BCUT2D eigenvalue weighted by molar-refractivity contribution is 5.69. The van der Waals surface area contributed by atoms with Crippen molar-refractivity contribution < 1.29 is 9.53 Å². The monoisotopic (exact) mass is 237 g/mol. The minimum Gasteiger partial charge on any atom is -0.469 e. The van der Waals surface area contributed by atoms with E-state index in [9.17, 15) is 4.79 Å². The summed E-state index contributed by atoms with van der Waals surface area (Å²) in [4.78, 5) is 11.1. The molecule has 0 spiro atoms. The third-order valence-corrected chi connectivity index (χ3v) is 4.83. The lowest BCUT2D eigenvalue weighted by atomic mass is 9.48. The Morgan fingerprint density at radius 3 is 2.88 bits per heavy atom. The molecule has 3 atom stereocenters. The van der Waals surface area contributed by atoms with Crippen LogP contribution in [0.4, 0.5) is 0 Å². The molecule has 0 radical (unpaired) electrons. The minimum absolute atomic E-state index is 0.0274. The molecule has 17 heavy (non-hydrogen) atoms. The van der Waals surface area contributed by atoms with Crippen LogP contribution in [0.25, 0.3) is 0 Å². The number of nitrogens with two attached hydrogens (primary N) is 1. The van der Waals surface area contributed by atoms with Gasteiger partial charge in [0.1, 0.15) is 0 Å². The van der Waals surface area contributed by atoms with Crippen LogP contribution in [0.2, 0.25) is 0 Å². The van der Waals surface area contributed by atoms with E-state index in [-0.39, 0.29) is 12.0 Å². The smallest absolute Gasteiger partial charge is 0.305 e. The lowest BCUT2D eigenvalue weighted by molar-refractivity contribution is -0.140. The van der Waals surface area contributed by atoms with Crippen LogP contribution in [-0.2, 0) is 9.53 Å². The van der Waals surface area contributed by atoms with E-state index in [1.165, 1.54) is 19.1 Å². The Hall–Kier alpha value is -0.830. The molecular weight excluding hydrogens is 214 g/mol. The van der Waals surface area contributed by atoms with E-state index < -0.39 is 0 Å². The molecule has 1 saturated carbocycles. The topological polar surface area (TPSA) is 52.3 Å². The van der Waals surface area contributed by atoms with Gasteiger partial charge < -0.3 is 10.5 Å². The number of carbonyl (C=O) groups excluding carboxylic acids is 1. The van der Waals surface area contributed by atoms with Gasteiger partial charge in [0.15, 0.2) is 0 Å². The second-order valence-electron chi connectivity index (χ2n) is 5.97. The van der Waals surface area contributed by atoms with Crippen molar-refractivity contribution in [1.82, 2.24) is 0 Å². The first-order valence-corrected chi connectivity index (χ1v) is 6.49. The number of carbonyl (C=O) groups is 1. The Bertz CT molecular complexity index is 346. The molecule has 0 saturated heterocycles. The van der Waals surface area contributed by atoms with E-state index in [4.69, 9.17) is 5.73 Å². The molecule has 96 valence electrons. The fourth-order valence-electron chi connectivity index (χ4n) is 3.35. The second-order valence-corrected chi connectivity index (χ2v) is 5.97. The summed E-state index contributed by atoms with van der Waals surface area (Å²) in [6.45, 7) is 4.68. The molecule has 3 aliphatic rings. The Morgan fingerprint density at radius 1 is 1.65 bits per heavy atom. The molecular formula is C14H23NO2. The molecule has 3 unspecified atom stereocenters. The number of hydrogen-bond donors (Lipinski definition) is 1. The zero-order chi connectivity index (χ0) is 12.6. The highest BCUT2D eigenvalue weighted by Gasteiger charge is 2.51. The number of allylic oxidation sites excluding steroid dienone is 1. The number of hydrogen-bond acceptors (Lipinski definition) is 3. The van der Waals surface area contributed by atoms with Crippen molar-refractivity contribution in [3.8, 4) is 0 Å². The Labute approximate surface area is 103 Å². The van der Waals surface area contributed by atoms with Gasteiger partial charge in [0.2, 0.25) is 0 Å². The summed E-state index contributed by atoms with van der Waals surface area (Å²) in [6, 6.07) is 0.0274. The summed E-state index contributed by atoms with van der Waals surface area (Å²) in [5.41, 5.74) is 8.00.